The maximum Gasteiger partial charge on any atom is 0.309 e. The second kappa shape index (κ2) is 7.52. The van der Waals surface area contributed by atoms with Crippen LogP contribution in [0.4, 0.5) is 5.82 Å². The van der Waals surface area contributed by atoms with E-state index in [4.69, 9.17) is 4.98 Å². The third kappa shape index (κ3) is 3.82. The molecule has 0 aromatic carbocycles. The topological polar surface area (TPSA) is 102 Å². The zero-order valence-corrected chi connectivity index (χ0v) is 17.0. The predicted octanol–water partition coefficient (Wildman–Crippen LogP) is 3.28. The number of anilines is 1. The van der Waals surface area contributed by atoms with Crippen LogP contribution in [-0.4, -0.2) is 46.0 Å². The summed E-state index contributed by atoms with van der Waals surface area (Å²) in [4.78, 5) is 24.7. The van der Waals surface area contributed by atoms with Crippen LogP contribution in [0.1, 0.15) is 77.7 Å². The molecule has 0 spiro atoms. The number of hydrogen-bond donors (Lipinski definition) is 4. The molecule has 1 fully saturated rings. The van der Waals surface area contributed by atoms with Crippen molar-refractivity contribution in [2.24, 2.45) is 10.4 Å². The summed E-state index contributed by atoms with van der Waals surface area (Å²) in [6.07, 6.45) is 5.03. The van der Waals surface area contributed by atoms with E-state index in [1.807, 2.05) is 6.92 Å². The number of nitrogens with zero attached hydrogens (tertiary/aromatic N) is 2. The van der Waals surface area contributed by atoms with E-state index in [0.717, 1.165) is 61.9 Å². The second-order valence-corrected chi connectivity index (χ2v) is 8.60. The van der Waals surface area contributed by atoms with Crippen LogP contribution in [0.3, 0.4) is 0 Å². The van der Waals surface area contributed by atoms with Gasteiger partial charge >= 0.3 is 5.97 Å². The molecule has 0 saturated heterocycles. The van der Waals surface area contributed by atoms with Crippen molar-refractivity contribution in [1.29, 1.82) is 0 Å². The Balaban J connectivity index is 1.85. The van der Waals surface area contributed by atoms with Crippen molar-refractivity contribution in [1.82, 2.24) is 15.3 Å². The van der Waals surface area contributed by atoms with Crippen molar-refractivity contribution >= 4 is 17.6 Å². The number of carboxylic acid groups (broad SMARTS) is 1. The molecule has 1 aliphatic carbocycles. The lowest BCUT2D eigenvalue weighted by atomic mass is 9.65. The number of nitrogens with one attached hydrogen (secondary N) is 3. The molecular weight excluding hydrogens is 342 g/mol. The molecule has 7 heteroatoms. The molecule has 1 aliphatic heterocycles. The summed E-state index contributed by atoms with van der Waals surface area (Å²) in [6.45, 7) is 10.00. The lowest BCUT2D eigenvalue weighted by Crippen LogP contribution is -2.39. The number of amidine groups is 1. The van der Waals surface area contributed by atoms with Gasteiger partial charge in [0.2, 0.25) is 0 Å². The smallest absolute Gasteiger partial charge is 0.309 e. The Kier molecular flexibility index (Phi) is 5.49. The molecule has 0 unspecified atom stereocenters. The summed E-state index contributed by atoms with van der Waals surface area (Å²) in [5.74, 6) is 1.98. The average Bonchev–Trinajstić information content (AvgIpc) is 3.29. The number of carbonyl (C=O) groups is 1. The van der Waals surface area contributed by atoms with E-state index < -0.39 is 11.4 Å². The molecule has 150 valence electrons. The number of carboxylic acids is 1. The molecular formula is C20H33N5O2. The Hall–Kier alpha value is -2.05. The number of aliphatic imine (C=N–C) groups is 1. The van der Waals surface area contributed by atoms with Crippen LogP contribution in [0, 0.1) is 5.41 Å². The maximum absolute atomic E-state index is 11.6. The first-order valence-electron chi connectivity index (χ1n) is 10.2. The molecule has 0 bridgehead atoms. The van der Waals surface area contributed by atoms with Gasteiger partial charge in [0.1, 0.15) is 17.4 Å². The van der Waals surface area contributed by atoms with Crippen LogP contribution in [0.2, 0.25) is 0 Å². The van der Waals surface area contributed by atoms with E-state index in [9.17, 15) is 9.90 Å². The zero-order chi connectivity index (χ0) is 19.7. The summed E-state index contributed by atoms with van der Waals surface area (Å²) in [7, 11) is 0. The Morgan fingerprint density at radius 3 is 2.52 bits per heavy atom. The number of hydrogen-bond acceptors (Lipinski definition) is 5. The van der Waals surface area contributed by atoms with Gasteiger partial charge in [-0.1, -0.05) is 20.8 Å². The summed E-state index contributed by atoms with van der Waals surface area (Å²) in [6, 6.07) is 0.382. The van der Waals surface area contributed by atoms with E-state index in [2.05, 4.69) is 41.4 Å². The molecule has 1 aromatic rings. The number of H-pyrrole nitrogens is 1. The third-order valence-electron chi connectivity index (χ3n) is 6.33. The first-order valence-corrected chi connectivity index (χ1v) is 10.2. The first-order chi connectivity index (χ1) is 12.8. The quantitative estimate of drug-likeness (QED) is 0.586. The Morgan fingerprint density at radius 2 is 1.96 bits per heavy atom. The van der Waals surface area contributed by atoms with Gasteiger partial charge in [0.05, 0.1) is 12.0 Å². The highest BCUT2D eigenvalue weighted by molar-refractivity contribution is 6.02. The van der Waals surface area contributed by atoms with Gasteiger partial charge in [0, 0.05) is 18.0 Å². The van der Waals surface area contributed by atoms with Crippen LogP contribution in [-0.2, 0) is 10.2 Å². The molecule has 4 N–H and O–H groups in total. The van der Waals surface area contributed by atoms with Gasteiger partial charge in [0.25, 0.3) is 0 Å². The maximum atomic E-state index is 11.6. The number of aliphatic carboxylic acids is 1. The second-order valence-electron chi connectivity index (χ2n) is 8.60. The zero-order valence-electron chi connectivity index (χ0n) is 17.0. The van der Waals surface area contributed by atoms with Crippen LogP contribution < -0.4 is 10.6 Å². The van der Waals surface area contributed by atoms with E-state index in [1.54, 1.807) is 0 Å². The van der Waals surface area contributed by atoms with Crippen molar-refractivity contribution in [3.63, 3.8) is 0 Å². The van der Waals surface area contributed by atoms with Gasteiger partial charge in [-0.25, -0.2) is 4.98 Å². The van der Waals surface area contributed by atoms with Crippen LogP contribution in [0.15, 0.2) is 4.99 Å². The van der Waals surface area contributed by atoms with Crippen LogP contribution in [0.5, 0.6) is 0 Å². The minimum Gasteiger partial charge on any atom is -0.481 e. The van der Waals surface area contributed by atoms with Gasteiger partial charge in [-0.15, -0.1) is 0 Å². The van der Waals surface area contributed by atoms with Crippen molar-refractivity contribution in [3.8, 4) is 0 Å². The first kappa shape index (κ1) is 19.7. The SMILES string of the molecule is CCCNc1nc(C2(C)CCC(C)(C(=O)O)CC2)[nH]c1C1=NC[C@H](CC)N1. The highest BCUT2D eigenvalue weighted by atomic mass is 16.4. The molecule has 7 nitrogen and oxygen atoms in total. The van der Waals surface area contributed by atoms with Gasteiger partial charge in [-0.05, 0) is 45.4 Å². The van der Waals surface area contributed by atoms with Gasteiger partial charge in [-0.2, -0.15) is 0 Å². The summed E-state index contributed by atoms with van der Waals surface area (Å²) >= 11 is 0. The molecule has 27 heavy (non-hydrogen) atoms. The molecule has 3 rings (SSSR count). The Morgan fingerprint density at radius 1 is 1.26 bits per heavy atom. The Bertz CT molecular complexity index is 716. The fourth-order valence-corrected chi connectivity index (χ4v) is 3.87. The summed E-state index contributed by atoms with van der Waals surface area (Å²) in [5, 5.41) is 16.4. The van der Waals surface area contributed by atoms with Crippen LogP contribution >= 0.6 is 0 Å². The molecule has 0 radical (unpaired) electrons. The molecule has 0 amide bonds. The van der Waals surface area contributed by atoms with E-state index in [0.29, 0.717) is 18.9 Å². The fraction of sp³-hybridized carbons (Fsp3) is 0.750. The lowest BCUT2D eigenvalue weighted by Gasteiger charge is -2.39. The fourth-order valence-electron chi connectivity index (χ4n) is 3.87. The van der Waals surface area contributed by atoms with E-state index in [-0.39, 0.29) is 5.41 Å². The van der Waals surface area contributed by atoms with Gasteiger partial charge in [0.15, 0.2) is 5.82 Å². The lowest BCUT2D eigenvalue weighted by molar-refractivity contribution is -0.150. The van der Waals surface area contributed by atoms with Crippen molar-refractivity contribution in [2.75, 3.05) is 18.4 Å². The van der Waals surface area contributed by atoms with Gasteiger partial charge < -0.3 is 20.7 Å². The third-order valence-corrected chi connectivity index (χ3v) is 6.33. The number of aromatic amines is 1. The minimum absolute atomic E-state index is 0.140. The highest BCUT2D eigenvalue weighted by Crippen LogP contribution is 2.46. The van der Waals surface area contributed by atoms with Crippen molar-refractivity contribution in [2.45, 2.75) is 77.7 Å². The summed E-state index contributed by atoms with van der Waals surface area (Å²) in [5.41, 5.74) is 0.172. The number of imidazole rings is 1. The standard InChI is InChI=1S/C20H33N5O2/c1-5-11-21-15-14(16-22-12-13(6-2)23-16)24-17(25-15)19(3)7-9-20(4,10-8-19)18(26)27/h13,21H,5-12H2,1-4H3,(H,22,23)(H,24,25)(H,26,27)/t13-,19?,20?/m0/s1. The van der Waals surface area contributed by atoms with Crippen molar-refractivity contribution < 1.29 is 9.90 Å². The number of rotatable bonds is 7. The van der Waals surface area contributed by atoms with E-state index >= 15 is 0 Å². The van der Waals surface area contributed by atoms with Crippen LogP contribution in [0.25, 0.3) is 0 Å². The monoisotopic (exact) mass is 375 g/mol. The molecule has 1 aromatic heterocycles. The number of aromatic nitrogens is 2. The Labute approximate surface area is 161 Å². The van der Waals surface area contributed by atoms with Crippen molar-refractivity contribution in [3.05, 3.63) is 11.5 Å². The minimum atomic E-state index is -0.690. The summed E-state index contributed by atoms with van der Waals surface area (Å²) < 4.78 is 0. The molecule has 1 saturated carbocycles. The molecule has 2 heterocycles. The highest BCUT2D eigenvalue weighted by Gasteiger charge is 2.44. The normalized spacial score (nSPS) is 30.7. The average molecular weight is 376 g/mol. The predicted molar refractivity (Wildman–Crippen MR) is 108 cm³/mol. The largest absolute Gasteiger partial charge is 0.481 e. The van der Waals surface area contributed by atoms with Gasteiger partial charge in [-0.3, -0.25) is 9.79 Å². The van der Waals surface area contributed by atoms with E-state index in [1.165, 1.54) is 0 Å². The molecule has 2 aliphatic rings. The molecule has 1 atom stereocenters.